The molecule has 114 valence electrons. The van der Waals surface area contributed by atoms with Gasteiger partial charge in [0.1, 0.15) is 11.8 Å². The molecule has 2 rings (SSSR count). The Labute approximate surface area is 135 Å². The molecule has 0 radical (unpaired) electrons. The molecule has 1 saturated heterocycles. The average molecular weight is 329 g/mol. The third kappa shape index (κ3) is 3.06. The maximum Gasteiger partial charge on any atom is 0.148 e. The molecule has 1 aromatic carbocycles. The summed E-state index contributed by atoms with van der Waals surface area (Å²) in [6.07, 6.45) is 0.168. The molecular formula is C15H18Cl2N2O2. The maximum atomic E-state index is 9.43. The van der Waals surface area contributed by atoms with Gasteiger partial charge in [-0.05, 0) is 19.9 Å². The Morgan fingerprint density at radius 1 is 1.52 bits per heavy atom. The molecule has 0 aliphatic carbocycles. The number of hydrogen-bond acceptors (Lipinski definition) is 4. The first-order chi connectivity index (χ1) is 10.0. The van der Waals surface area contributed by atoms with Crippen molar-refractivity contribution in [2.45, 2.75) is 25.3 Å². The van der Waals surface area contributed by atoms with Gasteiger partial charge in [0.2, 0.25) is 0 Å². The van der Waals surface area contributed by atoms with E-state index in [1.807, 2.05) is 18.7 Å². The van der Waals surface area contributed by atoms with E-state index in [2.05, 4.69) is 6.07 Å². The van der Waals surface area contributed by atoms with Crippen LogP contribution in [0.1, 0.15) is 30.4 Å². The molecule has 1 aliphatic heterocycles. The van der Waals surface area contributed by atoms with Crippen LogP contribution in [0.4, 0.5) is 5.69 Å². The number of hydrogen-bond donors (Lipinski definition) is 0. The lowest BCUT2D eigenvalue weighted by Crippen LogP contribution is -2.52. The van der Waals surface area contributed by atoms with Crippen LogP contribution >= 0.6 is 23.2 Å². The van der Waals surface area contributed by atoms with Crippen LogP contribution in [0.15, 0.2) is 6.07 Å². The lowest BCUT2D eigenvalue weighted by atomic mass is 10.0. The molecule has 1 atom stereocenters. The van der Waals surface area contributed by atoms with Crippen LogP contribution in [0.3, 0.4) is 0 Å². The van der Waals surface area contributed by atoms with Crippen molar-refractivity contribution in [2.75, 3.05) is 31.7 Å². The normalized spacial score (nSPS) is 16.3. The highest BCUT2D eigenvalue weighted by molar-refractivity contribution is 6.32. The minimum atomic E-state index is -0.255. The van der Waals surface area contributed by atoms with E-state index in [0.29, 0.717) is 36.0 Å². The Hall–Kier alpha value is -1.15. The van der Waals surface area contributed by atoms with Crippen molar-refractivity contribution in [2.24, 2.45) is 0 Å². The predicted octanol–water partition coefficient (Wildman–Crippen LogP) is 3.75. The summed E-state index contributed by atoms with van der Waals surface area (Å²) in [5.41, 5.74) is 1.96. The fourth-order valence-corrected chi connectivity index (χ4v) is 2.82. The molecule has 1 unspecified atom stereocenters. The molecule has 0 spiro atoms. The van der Waals surface area contributed by atoms with Gasteiger partial charge in [0.25, 0.3) is 0 Å². The van der Waals surface area contributed by atoms with Gasteiger partial charge in [0.15, 0.2) is 0 Å². The Kier molecular flexibility index (Phi) is 5.21. The van der Waals surface area contributed by atoms with E-state index < -0.39 is 0 Å². The number of nitriles is 1. The first-order valence-corrected chi connectivity index (χ1v) is 7.65. The first kappa shape index (κ1) is 16.2. The molecule has 0 aromatic heterocycles. The SMILES string of the molecule is CCOc1c(C(C)Cl)cc(Cl)c(C#N)c1N1CC(OC)C1. The molecule has 1 aliphatic rings. The van der Waals surface area contributed by atoms with E-state index in [9.17, 15) is 5.26 Å². The summed E-state index contributed by atoms with van der Waals surface area (Å²) in [5.74, 6) is 0.649. The summed E-state index contributed by atoms with van der Waals surface area (Å²) < 4.78 is 11.1. The number of halogens is 2. The van der Waals surface area contributed by atoms with Crippen molar-refractivity contribution in [3.8, 4) is 11.8 Å². The molecule has 1 fully saturated rings. The van der Waals surface area contributed by atoms with Gasteiger partial charge in [-0.2, -0.15) is 5.26 Å². The second-order valence-electron chi connectivity index (χ2n) is 4.92. The van der Waals surface area contributed by atoms with Crippen LogP contribution in [-0.4, -0.2) is 32.9 Å². The number of nitrogens with zero attached hydrogens (tertiary/aromatic N) is 2. The van der Waals surface area contributed by atoms with E-state index in [1.165, 1.54) is 0 Å². The van der Waals surface area contributed by atoms with Gasteiger partial charge in [-0.25, -0.2) is 0 Å². The van der Waals surface area contributed by atoms with Gasteiger partial charge >= 0.3 is 0 Å². The van der Waals surface area contributed by atoms with Crippen molar-refractivity contribution in [1.29, 1.82) is 5.26 Å². The topological polar surface area (TPSA) is 45.5 Å². The molecule has 1 aromatic rings. The van der Waals surface area contributed by atoms with Gasteiger partial charge in [-0.15, -0.1) is 11.6 Å². The van der Waals surface area contributed by atoms with Gasteiger partial charge in [0.05, 0.1) is 34.4 Å². The maximum absolute atomic E-state index is 9.43. The van der Waals surface area contributed by atoms with Crippen LogP contribution in [-0.2, 0) is 4.74 Å². The lowest BCUT2D eigenvalue weighted by Gasteiger charge is -2.41. The number of benzene rings is 1. The zero-order chi connectivity index (χ0) is 15.6. The van der Waals surface area contributed by atoms with Crippen LogP contribution < -0.4 is 9.64 Å². The number of alkyl halides is 1. The number of anilines is 1. The van der Waals surface area contributed by atoms with E-state index in [0.717, 1.165) is 11.3 Å². The van der Waals surface area contributed by atoms with Gasteiger partial charge in [-0.3, -0.25) is 0 Å². The van der Waals surface area contributed by atoms with Crippen molar-refractivity contribution in [1.82, 2.24) is 0 Å². The molecule has 0 bridgehead atoms. The van der Waals surface area contributed by atoms with E-state index in [-0.39, 0.29) is 11.5 Å². The van der Waals surface area contributed by atoms with Gasteiger partial charge in [-0.1, -0.05) is 11.6 Å². The number of rotatable bonds is 5. The molecule has 0 amide bonds. The summed E-state index contributed by atoms with van der Waals surface area (Å²) in [7, 11) is 1.68. The number of methoxy groups -OCH3 is 1. The second-order valence-corrected chi connectivity index (χ2v) is 5.99. The molecule has 4 nitrogen and oxygen atoms in total. The van der Waals surface area contributed by atoms with Gasteiger partial charge < -0.3 is 14.4 Å². The van der Waals surface area contributed by atoms with Crippen molar-refractivity contribution >= 4 is 28.9 Å². The average Bonchev–Trinajstić information content (AvgIpc) is 2.40. The molecule has 6 heteroatoms. The Morgan fingerprint density at radius 2 is 2.19 bits per heavy atom. The van der Waals surface area contributed by atoms with Crippen molar-refractivity contribution in [3.63, 3.8) is 0 Å². The standard InChI is InChI=1S/C15H18Cl2N2O2/c1-4-21-15-11(9(2)16)5-13(17)12(6-18)14(15)19-7-10(8-19)20-3/h5,9-10H,4,7-8H2,1-3H3. The van der Waals surface area contributed by atoms with Crippen LogP contribution in [0.2, 0.25) is 5.02 Å². The Morgan fingerprint density at radius 3 is 2.67 bits per heavy atom. The summed E-state index contributed by atoms with van der Waals surface area (Å²) in [4.78, 5) is 2.05. The molecule has 0 N–H and O–H groups in total. The van der Waals surface area contributed by atoms with Gasteiger partial charge in [0, 0.05) is 25.8 Å². The summed E-state index contributed by atoms with van der Waals surface area (Å²) in [6, 6.07) is 3.90. The smallest absolute Gasteiger partial charge is 0.148 e. The van der Waals surface area contributed by atoms with Crippen LogP contribution in [0.25, 0.3) is 0 Å². The summed E-state index contributed by atoms with van der Waals surface area (Å²) >= 11 is 12.5. The highest BCUT2D eigenvalue weighted by atomic mass is 35.5. The fraction of sp³-hybridized carbons (Fsp3) is 0.533. The first-order valence-electron chi connectivity index (χ1n) is 6.84. The zero-order valence-corrected chi connectivity index (χ0v) is 13.8. The summed E-state index contributed by atoms with van der Waals surface area (Å²) in [5, 5.41) is 9.58. The van der Waals surface area contributed by atoms with Crippen LogP contribution in [0.5, 0.6) is 5.75 Å². The minimum absolute atomic E-state index is 0.168. The van der Waals surface area contributed by atoms with Crippen molar-refractivity contribution in [3.05, 3.63) is 22.2 Å². The highest BCUT2D eigenvalue weighted by Crippen LogP contribution is 2.45. The Balaban J connectivity index is 2.55. The molecular weight excluding hydrogens is 311 g/mol. The Bertz CT molecular complexity index is 564. The van der Waals surface area contributed by atoms with E-state index >= 15 is 0 Å². The third-order valence-corrected chi connectivity index (χ3v) is 4.09. The molecule has 21 heavy (non-hydrogen) atoms. The van der Waals surface area contributed by atoms with E-state index in [4.69, 9.17) is 32.7 Å². The fourth-order valence-electron chi connectivity index (χ4n) is 2.41. The van der Waals surface area contributed by atoms with E-state index in [1.54, 1.807) is 13.2 Å². The molecule has 0 saturated carbocycles. The highest BCUT2D eigenvalue weighted by Gasteiger charge is 2.33. The molecule has 1 heterocycles. The number of ether oxygens (including phenoxy) is 2. The van der Waals surface area contributed by atoms with Crippen molar-refractivity contribution < 1.29 is 9.47 Å². The quantitative estimate of drug-likeness (QED) is 0.772. The summed E-state index contributed by atoms with van der Waals surface area (Å²) in [6.45, 7) is 5.68. The largest absolute Gasteiger partial charge is 0.491 e. The third-order valence-electron chi connectivity index (χ3n) is 3.56. The predicted molar refractivity (Wildman–Crippen MR) is 84.6 cm³/mol. The van der Waals surface area contributed by atoms with Crippen LogP contribution in [0, 0.1) is 11.3 Å². The monoisotopic (exact) mass is 328 g/mol. The minimum Gasteiger partial charge on any atom is -0.491 e. The second kappa shape index (κ2) is 6.74. The lowest BCUT2D eigenvalue weighted by molar-refractivity contribution is 0.0784. The zero-order valence-electron chi connectivity index (χ0n) is 12.3.